The summed E-state index contributed by atoms with van der Waals surface area (Å²) in [5, 5.41) is 3.72. The number of hydrogen-bond donors (Lipinski definition) is 1. The molecule has 0 spiro atoms. The second-order valence-corrected chi connectivity index (χ2v) is 5.89. The summed E-state index contributed by atoms with van der Waals surface area (Å²) in [6.45, 7) is 4.27. The van der Waals surface area contributed by atoms with Crippen molar-refractivity contribution in [2.75, 3.05) is 40.4 Å². The lowest BCUT2D eigenvalue weighted by Gasteiger charge is -2.33. The summed E-state index contributed by atoms with van der Waals surface area (Å²) in [4.78, 5) is 2.35. The van der Waals surface area contributed by atoms with E-state index in [0.29, 0.717) is 11.5 Å². The van der Waals surface area contributed by atoms with Crippen molar-refractivity contribution in [1.29, 1.82) is 0 Å². The zero-order chi connectivity index (χ0) is 11.4. The molecule has 1 unspecified atom stereocenters. The van der Waals surface area contributed by atoms with Gasteiger partial charge in [0.05, 0.1) is 6.61 Å². The first kappa shape index (κ1) is 12.3. The van der Waals surface area contributed by atoms with Crippen LogP contribution in [0.2, 0.25) is 0 Å². The highest BCUT2D eigenvalue weighted by atomic mass is 16.5. The van der Waals surface area contributed by atoms with Crippen LogP contribution < -0.4 is 5.32 Å². The molecule has 3 heteroatoms. The van der Waals surface area contributed by atoms with E-state index in [1.807, 2.05) is 0 Å². The van der Waals surface area contributed by atoms with Gasteiger partial charge in [0, 0.05) is 25.7 Å². The van der Waals surface area contributed by atoms with Crippen LogP contribution in [0, 0.1) is 5.41 Å². The minimum absolute atomic E-state index is 0.534. The van der Waals surface area contributed by atoms with Crippen LogP contribution in [-0.4, -0.2) is 51.3 Å². The van der Waals surface area contributed by atoms with E-state index in [1.165, 1.54) is 45.2 Å². The SMILES string of the molecule is CN(C)CC1(CNC2CCOC2)CCCC1. The lowest BCUT2D eigenvalue weighted by atomic mass is 9.85. The van der Waals surface area contributed by atoms with Crippen molar-refractivity contribution in [3.8, 4) is 0 Å². The van der Waals surface area contributed by atoms with Crippen molar-refractivity contribution in [3.05, 3.63) is 0 Å². The predicted molar refractivity (Wildman–Crippen MR) is 66.7 cm³/mol. The fourth-order valence-corrected chi connectivity index (χ4v) is 3.24. The molecule has 0 aromatic heterocycles. The molecule has 1 N–H and O–H groups in total. The lowest BCUT2D eigenvalue weighted by molar-refractivity contribution is 0.171. The molecule has 1 heterocycles. The first-order chi connectivity index (χ1) is 7.70. The van der Waals surface area contributed by atoms with Crippen molar-refractivity contribution >= 4 is 0 Å². The highest BCUT2D eigenvalue weighted by Crippen LogP contribution is 2.38. The minimum Gasteiger partial charge on any atom is -0.380 e. The third kappa shape index (κ3) is 3.19. The molecule has 16 heavy (non-hydrogen) atoms. The lowest BCUT2D eigenvalue weighted by Crippen LogP contribution is -2.43. The van der Waals surface area contributed by atoms with E-state index in [2.05, 4.69) is 24.3 Å². The number of rotatable bonds is 5. The van der Waals surface area contributed by atoms with Crippen LogP contribution in [0.1, 0.15) is 32.1 Å². The summed E-state index contributed by atoms with van der Waals surface area (Å²) in [5.41, 5.74) is 0.534. The van der Waals surface area contributed by atoms with Gasteiger partial charge in [-0.2, -0.15) is 0 Å². The Kier molecular flexibility index (Phi) is 4.22. The van der Waals surface area contributed by atoms with Crippen LogP contribution in [-0.2, 0) is 4.74 Å². The molecule has 2 rings (SSSR count). The van der Waals surface area contributed by atoms with E-state index in [0.717, 1.165) is 13.2 Å². The maximum absolute atomic E-state index is 5.41. The van der Waals surface area contributed by atoms with Crippen molar-refractivity contribution in [1.82, 2.24) is 10.2 Å². The average molecular weight is 226 g/mol. The smallest absolute Gasteiger partial charge is 0.0620 e. The predicted octanol–water partition coefficient (Wildman–Crippen LogP) is 1.49. The number of ether oxygens (including phenoxy) is 1. The zero-order valence-electron chi connectivity index (χ0n) is 10.8. The Bertz CT molecular complexity index is 206. The van der Waals surface area contributed by atoms with Gasteiger partial charge in [0.15, 0.2) is 0 Å². The van der Waals surface area contributed by atoms with E-state index in [9.17, 15) is 0 Å². The average Bonchev–Trinajstić information content (AvgIpc) is 2.84. The topological polar surface area (TPSA) is 24.5 Å². The maximum atomic E-state index is 5.41. The quantitative estimate of drug-likeness (QED) is 0.768. The van der Waals surface area contributed by atoms with Crippen LogP contribution in [0.3, 0.4) is 0 Å². The third-order valence-electron chi connectivity index (χ3n) is 4.01. The standard InChI is InChI=1S/C13H26N2O/c1-15(2)11-13(6-3-4-7-13)10-14-12-5-8-16-9-12/h12,14H,3-11H2,1-2H3. The Balaban J connectivity index is 1.81. The second kappa shape index (κ2) is 5.48. The third-order valence-corrected chi connectivity index (χ3v) is 4.01. The Labute approximate surface area is 99.5 Å². The largest absolute Gasteiger partial charge is 0.380 e. The fraction of sp³-hybridized carbons (Fsp3) is 1.00. The van der Waals surface area contributed by atoms with Gasteiger partial charge in [0.2, 0.25) is 0 Å². The Morgan fingerprint density at radius 3 is 2.62 bits per heavy atom. The van der Waals surface area contributed by atoms with E-state index in [4.69, 9.17) is 4.74 Å². The van der Waals surface area contributed by atoms with Crippen molar-refractivity contribution in [2.24, 2.45) is 5.41 Å². The van der Waals surface area contributed by atoms with Crippen LogP contribution in [0.5, 0.6) is 0 Å². The normalized spacial score (nSPS) is 29.1. The van der Waals surface area contributed by atoms with Gasteiger partial charge < -0.3 is 15.0 Å². The summed E-state index contributed by atoms with van der Waals surface area (Å²) >= 11 is 0. The second-order valence-electron chi connectivity index (χ2n) is 5.89. The Hall–Kier alpha value is -0.120. The van der Waals surface area contributed by atoms with Crippen LogP contribution in [0.25, 0.3) is 0 Å². The summed E-state index contributed by atoms with van der Waals surface area (Å²) in [6.07, 6.45) is 6.81. The molecule has 1 saturated heterocycles. The monoisotopic (exact) mass is 226 g/mol. The number of nitrogens with one attached hydrogen (secondary N) is 1. The van der Waals surface area contributed by atoms with Crippen molar-refractivity contribution in [3.63, 3.8) is 0 Å². The first-order valence-electron chi connectivity index (χ1n) is 6.66. The molecule has 1 aliphatic heterocycles. The van der Waals surface area contributed by atoms with Crippen molar-refractivity contribution in [2.45, 2.75) is 38.1 Å². The zero-order valence-corrected chi connectivity index (χ0v) is 10.8. The van der Waals surface area contributed by atoms with Gasteiger partial charge in [-0.15, -0.1) is 0 Å². The Morgan fingerprint density at radius 2 is 2.06 bits per heavy atom. The van der Waals surface area contributed by atoms with Gasteiger partial charge in [-0.25, -0.2) is 0 Å². The summed E-state index contributed by atoms with van der Waals surface area (Å²) in [7, 11) is 4.39. The molecular formula is C13H26N2O. The van der Waals surface area contributed by atoms with Crippen molar-refractivity contribution < 1.29 is 4.74 Å². The molecule has 1 saturated carbocycles. The summed E-state index contributed by atoms with van der Waals surface area (Å²) < 4.78 is 5.41. The summed E-state index contributed by atoms with van der Waals surface area (Å²) in [5.74, 6) is 0. The van der Waals surface area contributed by atoms with E-state index >= 15 is 0 Å². The van der Waals surface area contributed by atoms with Gasteiger partial charge in [-0.3, -0.25) is 0 Å². The molecule has 1 atom stereocenters. The molecule has 0 radical (unpaired) electrons. The van der Waals surface area contributed by atoms with Gasteiger partial charge in [-0.05, 0) is 38.8 Å². The van der Waals surface area contributed by atoms with Gasteiger partial charge in [-0.1, -0.05) is 12.8 Å². The van der Waals surface area contributed by atoms with E-state index in [1.54, 1.807) is 0 Å². The molecule has 0 amide bonds. The molecule has 2 fully saturated rings. The molecular weight excluding hydrogens is 200 g/mol. The molecule has 0 aromatic rings. The van der Waals surface area contributed by atoms with Crippen LogP contribution in [0.15, 0.2) is 0 Å². The first-order valence-corrected chi connectivity index (χ1v) is 6.66. The van der Waals surface area contributed by atoms with Gasteiger partial charge in [0.1, 0.15) is 0 Å². The van der Waals surface area contributed by atoms with Crippen LogP contribution in [0.4, 0.5) is 0 Å². The van der Waals surface area contributed by atoms with E-state index in [-0.39, 0.29) is 0 Å². The van der Waals surface area contributed by atoms with Gasteiger partial charge in [0.25, 0.3) is 0 Å². The highest BCUT2D eigenvalue weighted by molar-refractivity contribution is 4.90. The minimum atomic E-state index is 0.534. The Morgan fingerprint density at radius 1 is 1.31 bits per heavy atom. The number of hydrogen-bond acceptors (Lipinski definition) is 3. The molecule has 2 aliphatic rings. The highest BCUT2D eigenvalue weighted by Gasteiger charge is 2.34. The number of nitrogens with zero attached hydrogens (tertiary/aromatic N) is 1. The van der Waals surface area contributed by atoms with Gasteiger partial charge >= 0.3 is 0 Å². The molecule has 0 aromatic carbocycles. The molecule has 94 valence electrons. The van der Waals surface area contributed by atoms with E-state index < -0.39 is 0 Å². The molecule has 1 aliphatic carbocycles. The summed E-state index contributed by atoms with van der Waals surface area (Å²) in [6, 6.07) is 0.611. The molecule has 0 bridgehead atoms. The maximum Gasteiger partial charge on any atom is 0.0620 e. The van der Waals surface area contributed by atoms with Crippen LogP contribution >= 0.6 is 0 Å². The fourth-order valence-electron chi connectivity index (χ4n) is 3.24. The molecule has 3 nitrogen and oxygen atoms in total.